The standard InChI is InChI=1S/C20H27N/c1-4-8-19-15-20(12-11-16(19)2)17(3)21-14-13-18-9-6-5-7-10-18/h4,6,8-12,20-21H,3,5,7,13-15H2,1-2H3/b8-4-. The molecule has 1 atom stereocenters. The fourth-order valence-corrected chi connectivity index (χ4v) is 2.83. The normalized spacial score (nSPS) is 21.8. The van der Waals surface area contributed by atoms with Gasteiger partial charge in [0.25, 0.3) is 0 Å². The van der Waals surface area contributed by atoms with Crippen molar-refractivity contribution in [2.45, 2.75) is 39.5 Å². The minimum Gasteiger partial charge on any atom is -0.388 e. The first kappa shape index (κ1) is 15.6. The summed E-state index contributed by atoms with van der Waals surface area (Å²) in [5.74, 6) is 0.413. The number of nitrogens with one attached hydrogen (secondary N) is 1. The van der Waals surface area contributed by atoms with Gasteiger partial charge in [0, 0.05) is 18.2 Å². The van der Waals surface area contributed by atoms with Gasteiger partial charge in [0.05, 0.1) is 0 Å². The lowest BCUT2D eigenvalue weighted by atomic mass is 9.88. The summed E-state index contributed by atoms with van der Waals surface area (Å²) >= 11 is 0. The summed E-state index contributed by atoms with van der Waals surface area (Å²) in [5, 5.41) is 3.51. The van der Waals surface area contributed by atoms with Crippen molar-refractivity contribution in [3.05, 3.63) is 71.5 Å². The van der Waals surface area contributed by atoms with Crippen molar-refractivity contribution in [1.82, 2.24) is 5.32 Å². The van der Waals surface area contributed by atoms with Crippen LogP contribution in [0.2, 0.25) is 0 Å². The Balaban J connectivity index is 1.80. The second-order valence-corrected chi connectivity index (χ2v) is 5.84. The van der Waals surface area contributed by atoms with Crippen molar-refractivity contribution in [2.75, 3.05) is 6.54 Å². The summed E-state index contributed by atoms with van der Waals surface area (Å²) in [5.41, 5.74) is 5.38. The molecule has 0 saturated carbocycles. The zero-order valence-electron chi connectivity index (χ0n) is 13.4. The monoisotopic (exact) mass is 281 g/mol. The summed E-state index contributed by atoms with van der Waals surface area (Å²) in [6.07, 6.45) is 20.2. The molecule has 1 nitrogen and oxygen atoms in total. The van der Waals surface area contributed by atoms with Gasteiger partial charge in [-0.3, -0.25) is 0 Å². The van der Waals surface area contributed by atoms with E-state index in [1.54, 1.807) is 0 Å². The zero-order chi connectivity index (χ0) is 15.1. The molecule has 0 aromatic heterocycles. The second-order valence-electron chi connectivity index (χ2n) is 5.84. The topological polar surface area (TPSA) is 12.0 Å². The van der Waals surface area contributed by atoms with Gasteiger partial charge in [-0.05, 0) is 50.7 Å². The second kappa shape index (κ2) is 7.87. The minimum absolute atomic E-state index is 0.413. The minimum atomic E-state index is 0.413. The van der Waals surface area contributed by atoms with E-state index in [1.807, 2.05) is 0 Å². The Morgan fingerprint density at radius 2 is 2.24 bits per heavy atom. The van der Waals surface area contributed by atoms with Crippen LogP contribution in [0.15, 0.2) is 71.5 Å². The van der Waals surface area contributed by atoms with Crippen LogP contribution in [0.1, 0.15) is 39.5 Å². The molecule has 0 radical (unpaired) electrons. The van der Waals surface area contributed by atoms with Gasteiger partial charge in [-0.25, -0.2) is 0 Å². The maximum Gasteiger partial charge on any atom is 0.0204 e. The van der Waals surface area contributed by atoms with E-state index >= 15 is 0 Å². The quantitative estimate of drug-likeness (QED) is 0.703. The SMILES string of the molecule is C=C(NCCC1=CCCC=C1)C1C=CC(C)=C(/C=C\C)C1. The molecule has 2 aliphatic rings. The Bertz CT molecular complexity index is 526. The van der Waals surface area contributed by atoms with Gasteiger partial charge in [0.15, 0.2) is 0 Å². The molecule has 0 aliphatic heterocycles. The van der Waals surface area contributed by atoms with Crippen LogP contribution in [0, 0.1) is 5.92 Å². The van der Waals surface area contributed by atoms with Crippen LogP contribution in [-0.4, -0.2) is 6.54 Å². The summed E-state index contributed by atoms with van der Waals surface area (Å²) in [6.45, 7) is 9.46. The lowest BCUT2D eigenvalue weighted by molar-refractivity contribution is 0.646. The van der Waals surface area contributed by atoms with Gasteiger partial charge in [-0.15, -0.1) is 0 Å². The highest BCUT2D eigenvalue weighted by Gasteiger charge is 2.15. The predicted octanol–water partition coefficient (Wildman–Crippen LogP) is 5.22. The number of rotatable bonds is 6. The Morgan fingerprint density at radius 3 is 2.95 bits per heavy atom. The molecular formula is C20H27N. The van der Waals surface area contributed by atoms with Crippen molar-refractivity contribution < 1.29 is 0 Å². The third-order valence-corrected chi connectivity index (χ3v) is 4.18. The van der Waals surface area contributed by atoms with Crippen molar-refractivity contribution in [2.24, 2.45) is 5.92 Å². The van der Waals surface area contributed by atoms with Gasteiger partial charge in [-0.1, -0.05) is 54.7 Å². The van der Waals surface area contributed by atoms with E-state index in [1.165, 1.54) is 29.6 Å². The summed E-state index contributed by atoms with van der Waals surface area (Å²) in [6, 6.07) is 0. The van der Waals surface area contributed by atoms with Crippen LogP contribution in [0.25, 0.3) is 0 Å². The molecule has 1 heteroatoms. The van der Waals surface area contributed by atoms with Gasteiger partial charge >= 0.3 is 0 Å². The predicted molar refractivity (Wildman–Crippen MR) is 93.0 cm³/mol. The maximum atomic E-state index is 4.23. The van der Waals surface area contributed by atoms with Crippen molar-refractivity contribution >= 4 is 0 Å². The fourth-order valence-electron chi connectivity index (χ4n) is 2.83. The third kappa shape index (κ3) is 4.63. The van der Waals surface area contributed by atoms with E-state index in [0.29, 0.717) is 5.92 Å². The first-order chi connectivity index (χ1) is 10.2. The Labute approximate surface area is 129 Å². The summed E-state index contributed by atoms with van der Waals surface area (Å²) in [7, 11) is 0. The molecular weight excluding hydrogens is 254 g/mol. The van der Waals surface area contributed by atoms with Gasteiger partial charge < -0.3 is 5.32 Å². The molecule has 112 valence electrons. The van der Waals surface area contributed by atoms with Crippen molar-refractivity contribution in [3.63, 3.8) is 0 Å². The van der Waals surface area contributed by atoms with E-state index in [9.17, 15) is 0 Å². The highest BCUT2D eigenvalue weighted by molar-refractivity contribution is 5.38. The van der Waals surface area contributed by atoms with Gasteiger partial charge in [0.1, 0.15) is 0 Å². The molecule has 2 rings (SSSR count). The smallest absolute Gasteiger partial charge is 0.0204 e. The molecule has 0 bridgehead atoms. The zero-order valence-corrected chi connectivity index (χ0v) is 13.4. The molecule has 21 heavy (non-hydrogen) atoms. The Morgan fingerprint density at radius 1 is 1.38 bits per heavy atom. The molecule has 0 saturated heterocycles. The van der Waals surface area contributed by atoms with E-state index in [-0.39, 0.29) is 0 Å². The fraction of sp³-hybridized carbons (Fsp3) is 0.400. The molecule has 0 aromatic rings. The maximum absolute atomic E-state index is 4.23. The van der Waals surface area contributed by atoms with E-state index in [2.05, 4.69) is 68.3 Å². The lowest BCUT2D eigenvalue weighted by Gasteiger charge is -2.23. The third-order valence-electron chi connectivity index (χ3n) is 4.18. The molecule has 1 unspecified atom stereocenters. The highest BCUT2D eigenvalue weighted by atomic mass is 14.9. The Hall–Kier alpha value is -1.76. The van der Waals surface area contributed by atoms with E-state index < -0.39 is 0 Å². The van der Waals surface area contributed by atoms with Crippen LogP contribution in [0.3, 0.4) is 0 Å². The Kier molecular flexibility index (Phi) is 5.86. The molecule has 0 aromatic carbocycles. The van der Waals surface area contributed by atoms with Crippen LogP contribution in [-0.2, 0) is 0 Å². The molecule has 1 N–H and O–H groups in total. The largest absolute Gasteiger partial charge is 0.388 e. The molecule has 0 fully saturated rings. The average molecular weight is 281 g/mol. The molecule has 0 amide bonds. The van der Waals surface area contributed by atoms with E-state index in [0.717, 1.165) is 25.1 Å². The van der Waals surface area contributed by atoms with Crippen LogP contribution in [0.5, 0.6) is 0 Å². The van der Waals surface area contributed by atoms with Gasteiger partial charge in [-0.2, -0.15) is 0 Å². The summed E-state index contributed by atoms with van der Waals surface area (Å²) in [4.78, 5) is 0. The number of hydrogen-bond donors (Lipinski definition) is 1. The lowest BCUT2D eigenvalue weighted by Crippen LogP contribution is -2.21. The van der Waals surface area contributed by atoms with Crippen LogP contribution < -0.4 is 5.32 Å². The molecule has 2 aliphatic carbocycles. The van der Waals surface area contributed by atoms with Crippen LogP contribution >= 0.6 is 0 Å². The highest BCUT2D eigenvalue weighted by Crippen LogP contribution is 2.27. The first-order valence-corrected chi connectivity index (χ1v) is 7.99. The van der Waals surface area contributed by atoms with Crippen molar-refractivity contribution in [1.29, 1.82) is 0 Å². The first-order valence-electron chi connectivity index (χ1n) is 7.99. The molecule has 0 spiro atoms. The van der Waals surface area contributed by atoms with E-state index in [4.69, 9.17) is 0 Å². The summed E-state index contributed by atoms with van der Waals surface area (Å²) < 4.78 is 0. The van der Waals surface area contributed by atoms with Crippen molar-refractivity contribution in [3.8, 4) is 0 Å². The average Bonchev–Trinajstić information content (AvgIpc) is 2.50. The van der Waals surface area contributed by atoms with Crippen LogP contribution in [0.4, 0.5) is 0 Å². The number of allylic oxidation sites excluding steroid dienone is 9. The molecule has 0 heterocycles. The number of hydrogen-bond acceptors (Lipinski definition) is 1. The van der Waals surface area contributed by atoms with Gasteiger partial charge in [0.2, 0.25) is 0 Å².